The van der Waals surface area contributed by atoms with Crippen molar-refractivity contribution >= 4 is 11.8 Å². The lowest BCUT2D eigenvalue weighted by Crippen LogP contribution is -2.45. The highest BCUT2D eigenvalue weighted by atomic mass is 16.6. The van der Waals surface area contributed by atoms with Crippen molar-refractivity contribution in [3.8, 4) is 0 Å². The third-order valence-corrected chi connectivity index (χ3v) is 3.55. The number of ether oxygens (including phenoxy) is 1. The minimum absolute atomic E-state index is 0.332. The number of alkyl carbamates (subject to hydrolysis) is 1. The van der Waals surface area contributed by atoms with Crippen LogP contribution >= 0.6 is 0 Å². The molecular weight excluding hydrogens is 278 g/mol. The van der Waals surface area contributed by atoms with E-state index in [9.17, 15) is 4.79 Å². The van der Waals surface area contributed by atoms with Crippen LogP contribution in [0.5, 0.6) is 0 Å². The first kappa shape index (κ1) is 18.3. The maximum absolute atomic E-state index is 11.8. The molecule has 124 valence electrons. The number of rotatable bonds is 5. The maximum Gasteiger partial charge on any atom is 0.407 e. The monoisotopic (exact) mass is 307 g/mol. The Balaban J connectivity index is 2.77. The Hall–Kier alpha value is -1.75. The molecule has 1 atom stereocenters. The van der Waals surface area contributed by atoms with Gasteiger partial charge in [-0.25, -0.2) is 4.79 Å². The maximum atomic E-state index is 11.8. The molecule has 0 radical (unpaired) electrons. The lowest BCUT2D eigenvalue weighted by atomic mass is 9.82. The van der Waals surface area contributed by atoms with Gasteiger partial charge in [-0.05, 0) is 38.5 Å². The summed E-state index contributed by atoms with van der Waals surface area (Å²) < 4.78 is 5.27. The van der Waals surface area contributed by atoms with E-state index >= 15 is 0 Å². The van der Waals surface area contributed by atoms with E-state index < -0.39 is 11.7 Å². The van der Waals surface area contributed by atoms with E-state index in [1.165, 1.54) is 0 Å². The number of carbonyl (C=O) groups excluding carboxylic acids is 1. The summed E-state index contributed by atoms with van der Waals surface area (Å²) in [6.07, 6.45) is -0.419. The molecule has 0 saturated heterocycles. The molecule has 1 amide bonds. The van der Waals surface area contributed by atoms with Gasteiger partial charge in [-0.2, -0.15) is 0 Å². The van der Waals surface area contributed by atoms with Crippen LogP contribution in [0.4, 0.5) is 10.5 Å². The normalized spacial score (nSPS) is 14.1. The van der Waals surface area contributed by atoms with Gasteiger partial charge in [0.25, 0.3) is 0 Å². The Morgan fingerprint density at radius 1 is 1.18 bits per heavy atom. The van der Waals surface area contributed by atoms with Gasteiger partial charge in [0.2, 0.25) is 0 Å². The van der Waals surface area contributed by atoms with E-state index in [1.807, 2.05) is 46.7 Å². The summed E-state index contributed by atoms with van der Waals surface area (Å²) >= 11 is 0. The second kappa shape index (κ2) is 7.01. The first-order valence-electron chi connectivity index (χ1n) is 7.52. The summed E-state index contributed by atoms with van der Waals surface area (Å²) in [6.45, 7) is 8.43. The highest BCUT2D eigenvalue weighted by Crippen LogP contribution is 2.24. The van der Waals surface area contributed by atoms with Gasteiger partial charge in [0, 0.05) is 38.3 Å². The number of amides is 1. The number of nitrogens with zero attached hydrogens (tertiary/aromatic N) is 1. The van der Waals surface area contributed by atoms with Crippen LogP contribution in [0.15, 0.2) is 24.3 Å². The summed E-state index contributed by atoms with van der Waals surface area (Å²) in [5.41, 5.74) is 7.33. The number of nitrogens with two attached hydrogens (primary N) is 1. The van der Waals surface area contributed by atoms with E-state index in [2.05, 4.69) is 29.6 Å². The Bertz CT molecular complexity index is 492. The molecular formula is C17H29N3O2. The molecule has 0 fully saturated rings. The topological polar surface area (TPSA) is 67.6 Å². The van der Waals surface area contributed by atoms with Crippen molar-refractivity contribution in [2.24, 2.45) is 5.73 Å². The molecule has 3 N–H and O–H groups in total. The first-order valence-corrected chi connectivity index (χ1v) is 7.52. The van der Waals surface area contributed by atoms with Crippen LogP contribution in [-0.4, -0.2) is 38.9 Å². The van der Waals surface area contributed by atoms with Gasteiger partial charge in [-0.15, -0.1) is 0 Å². The van der Waals surface area contributed by atoms with Gasteiger partial charge >= 0.3 is 6.09 Å². The molecule has 1 rings (SSSR count). The van der Waals surface area contributed by atoms with Gasteiger partial charge in [0.15, 0.2) is 0 Å². The van der Waals surface area contributed by atoms with E-state index in [0.717, 1.165) is 11.3 Å². The number of hydrogen-bond donors (Lipinski definition) is 2. The average Bonchev–Trinajstić information content (AvgIpc) is 2.43. The van der Waals surface area contributed by atoms with Gasteiger partial charge in [-0.3, -0.25) is 0 Å². The zero-order valence-electron chi connectivity index (χ0n) is 14.6. The van der Waals surface area contributed by atoms with Crippen LogP contribution in [0, 0.1) is 0 Å². The van der Waals surface area contributed by atoms with Gasteiger partial charge < -0.3 is 20.7 Å². The third kappa shape index (κ3) is 5.22. The van der Waals surface area contributed by atoms with Crippen molar-refractivity contribution in [1.29, 1.82) is 0 Å². The van der Waals surface area contributed by atoms with Crippen molar-refractivity contribution in [2.45, 2.75) is 38.7 Å². The lowest BCUT2D eigenvalue weighted by Gasteiger charge is -2.30. The molecule has 1 unspecified atom stereocenters. The lowest BCUT2D eigenvalue weighted by molar-refractivity contribution is 0.0516. The molecule has 0 heterocycles. The molecule has 0 aliphatic heterocycles. The summed E-state index contributed by atoms with van der Waals surface area (Å²) in [5, 5.41) is 2.82. The van der Waals surface area contributed by atoms with E-state index in [-0.39, 0.29) is 5.41 Å². The molecule has 1 aromatic rings. The second-order valence-corrected chi connectivity index (χ2v) is 7.06. The second-order valence-electron chi connectivity index (χ2n) is 7.06. The van der Waals surface area contributed by atoms with Gasteiger partial charge in [0.1, 0.15) is 5.60 Å². The molecule has 1 aromatic carbocycles. The molecule has 0 spiro atoms. The molecule has 0 aliphatic carbocycles. The predicted molar refractivity (Wildman–Crippen MR) is 91.4 cm³/mol. The van der Waals surface area contributed by atoms with Crippen LogP contribution in [0.3, 0.4) is 0 Å². The summed E-state index contributed by atoms with van der Waals surface area (Å²) in [6, 6.07) is 8.21. The number of carbonyl (C=O) groups is 1. The minimum atomic E-state index is -0.503. The summed E-state index contributed by atoms with van der Waals surface area (Å²) in [5.74, 6) is 0. The van der Waals surface area contributed by atoms with Crippen LogP contribution in [0.1, 0.15) is 33.3 Å². The van der Waals surface area contributed by atoms with Crippen LogP contribution in [0.25, 0.3) is 0 Å². The highest BCUT2D eigenvalue weighted by Gasteiger charge is 2.27. The molecule has 5 nitrogen and oxygen atoms in total. The third-order valence-electron chi connectivity index (χ3n) is 3.55. The van der Waals surface area contributed by atoms with Crippen LogP contribution in [-0.2, 0) is 10.2 Å². The average molecular weight is 307 g/mol. The number of anilines is 1. The highest BCUT2D eigenvalue weighted by molar-refractivity contribution is 5.67. The Morgan fingerprint density at radius 2 is 1.73 bits per heavy atom. The zero-order valence-corrected chi connectivity index (χ0v) is 14.6. The van der Waals surface area contributed by atoms with Crippen LogP contribution in [0.2, 0.25) is 0 Å². The Morgan fingerprint density at radius 3 is 2.14 bits per heavy atom. The van der Waals surface area contributed by atoms with E-state index in [0.29, 0.717) is 13.1 Å². The van der Waals surface area contributed by atoms with Crippen LogP contribution < -0.4 is 16.0 Å². The number of nitrogens with one attached hydrogen (secondary N) is 1. The van der Waals surface area contributed by atoms with E-state index in [4.69, 9.17) is 10.5 Å². The molecule has 22 heavy (non-hydrogen) atoms. The predicted octanol–water partition coefficient (Wildman–Crippen LogP) is 2.49. The fourth-order valence-corrected chi connectivity index (χ4v) is 2.04. The molecule has 0 aromatic heterocycles. The van der Waals surface area contributed by atoms with Crippen molar-refractivity contribution < 1.29 is 9.53 Å². The minimum Gasteiger partial charge on any atom is -0.444 e. The molecule has 5 heteroatoms. The SMILES string of the molecule is CN(C)c1ccc(C(C)(CN)CNC(=O)OC(C)(C)C)cc1. The fourth-order valence-electron chi connectivity index (χ4n) is 2.04. The van der Waals surface area contributed by atoms with Crippen molar-refractivity contribution in [3.05, 3.63) is 29.8 Å². The standard InChI is InChI=1S/C17H29N3O2/c1-16(2,3)22-15(21)19-12-17(4,11-18)13-7-9-14(10-8-13)20(5)6/h7-10H,11-12,18H2,1-6H3,(H,19,21). The largest absolute Gasteiger partial charge is 0.444 e. The molecule has 0 aliphatic rings. The smallest absolute Gasteiger partial charge is 0.407 e. The van der Waals surface area contributed by atoms with Crippen molar-refractivity contribution in [2.75, 3.05) is 32.1 Å². The quantitative estimate of drug-likeness (QED) is 0.877. The fraction of sp³-hybridized carbons (Fsp3) is 0.588. The number of hydrogen-bond acceptors (Lipinski definition) is 4. The summed E-state index contributed by atoms with van der Waals surface area (Å²) in [7, 11) is 4.00. The van der Waals surface area contributed by atoms with E-state index in [1.54, 1.807) is 0 Å². The zero-order chi connectivity index (χ0) is 17.0. The molecule has 0 bridgehead atoms. The summed E-state index contributed by atoms with van der Waals surface area (Å²) in [4.78, 5) is 13.9. The van der Waals surface area contributed by atoms with Gasteiger partial charge in [0.05, 0.1) is 0 Å². The first-order chi connectivity index (χ1) is 10.1. The Kier molecular flexibility index (Phi) is 5.83. The Labute approximate surface area is 133 Å². The number of benzene rings is 1. The van der Waals surface area contributed by atoms with Gasteiger partial charge in [-0.1, -0.05) is 19.1 Å². The molecule has 0 saturated carbocycles. The van der Waals surface area contributed by atoms with Crippen molar-refractivity contribution in [3.63, 3.8) is 0 Å². The van der Waals surface area contributed by atoms with Crippen molar-refractivity contribution in [1.82, 2.24) is 5.32 Å².